The van der Waals surface area contributed by atoms with E-state index in [0.717, 1.165) is 31.5 Å². The molecule has 0 aliphatic heterocycles. The number of halogens is 1. The first-order valence-electron chi connectivity index (χ1n) is 7.51. The molecule has 0 saturated heterocycles. The van der Waals surface area contributed by atoms with E-state index in [4.69, 9.17) is 0 Å². The van der Waals surface area contributed by atoms with E-state index in [0.29, 0.717) is 6.04 Å². The summed E-state index contributed by atoms with van der Waals surface area (Å²) in [4.78, 5) is 2.32. The van der Waals surface area contributed by atoms with Gasteiger partial charge in [0.05, 0.1) is 0 Å². The highest BCUT2D eigenvalue weighted by molar-refractivity contribution is 5.16. The zero-order valence-corrected chi connectivity index (χ0v) is 13.5. The van der Waals surface area contributed by atoms with Gasteiger partial charge in [0.15, 0.2) is 0 Å². The van der Waals surface area contributed by atoms with Gasteiger partial charge in [0.1, 0.15) is 5.82 Å². The van der Waals surface area contributed by atoms with Crippen molar-refractivity contribution in [2.45, 2.75) is 58.7 Å². The minimum Gasteiger partial charge on any atom is -0.311 e. The molecule has 0 spiro atoms. The molecule has 0 aliphatic rings. The lowest BCUT2D eigenvalue weighted by Crippen LogP contribution is -2.46. The van der Waals surface area contributed by atoms with Crippen LogP contribution in [0.3, 0.4) is 0 Å². The minimum atomic E-state index is -0.157. The Labute approximate surface area is 123 Å². The molecule has 20 heavy (non-hydrogen) atoms. The van der Waals surface area contributed by atoms with E-state index in [2.05, 4.69) is 45.0 Å². The Morgan fingerprint density at radius 1 is 1.30 bits per heavy atom. The quantitative estimate of drug-likeness (QED) is 0.817. The summed E-state index contributed by atoms with van der Waals surface area (Å²) in [6, 6.07) is 7.35. The van der Waals surface area contributed by atoms with Crippen molar-refractivity contribution in [1.29, 1.82) is 0 Å². The Morgan fingerprint density at radius 2 is 2.00 bits per heavy atom. The van der Waals surface area contributed by atoms with E-state index < -0.39 is 0 Å². The summed E-state index contributed by atoms with van der Waals surface area (Å²) in [6.45, 7) is 10.5. The third kappa shape index (κ3) is 6.49. The molecule has 0 fully saturated rings. The zero-order valence-electron chi connectivity index (χ0n) is 13.5. The van der Waals surface area contributed by atoms with E-state index in [1.165, 1.54) is 6.07 Å². The predicted octanol–water partition coefficient (Wildman–Crippen LogP) is 3.81. The van der Waals surface area contributed by atoms with Crippen LogP contribution in [0.1, 0.15) is 46.1 Å². The average molecular weight is 280 g/mol. The molecule has 1 aromatic rings. The van der Waals surface area contributed by atoms with Crippen molar-refractivity contribution in [2.75, 3.05) is 13.6 Å². The van der Waals surface area contributed by atoms with Crippen LogP contribution in [0.4, 0.5) is 4.39 Å². The van der Waals surface area contributed by atoms with Crippen LogP contribution in [0.5, 0.6) is 0 Å². The maximum absolute atomic E-state index is 13.2. The van der Waals surface area contributed by atoms with Gasteiger partial charge in [0.25, 0.3) is 0 Å². The number of likely N-dealkylation sites (N-methyl/N-ethyl adjacent to an activating group) is 1. The second-order valence-corrected chi connectivity index (χ2v) is 6.62. The fourth-order valence-corrected chi connectivity index (χ4v) is 2.29. The number of nitrogens with one attached hydrogen (secondary N) is 1. The molecule has 1 aromatic carbocycles. The fourth-order valence-electron chi connectivity index (χ4n) is 2.29. The summed E-state index contributed by atoms with van der Waals surface area (Å²) in [5.41, 5.74) is 1.16. The zero-order chi connectivity index (χ0) is 15.2. The number of benzene rings is 1. The monoisotopic (exact) mass is 280 g/mol. The van der Waals surface area contributed by atoms with E-state index in [9.17, 15) is 4.39 Å². The highest BCUT2D eigenvalue weighted by Crippen LogP contribution is 2.12. The van der Waals surface area contributed by atoms with Gasteiger partial charge in [0.2, 0.25) is 0 Å². The van der Waals surface area contributed by atoms with E-state index in [1.807, 2.05) is 6.07 Å². The maximum Gasteiger partial charge on any atom is 0.123 e. The van der Waals surface area contributed by atoms with E-state index >= 15 is 0 Å². The Bertz CT molecular complexity index is 398. The summed E-state index contributed by atoms with van der Waals surface area (Å²) in [5, 5.41) is 3.57. The molecule has 2 nitrogen and oxygen atoms in total. The van der Waals surface area contributed by atoms with Gasteiger partial charge in [-0.15, -0.1) is 0 Å². The van der Waals surface area contributed by atoms with Crippen LogP contribution in [0.15, 0.2) is 24.3 Å². The van der Waals surface area contributed by atoms with Crippen molar-refractivity contribution >= 4 is 0 Å². The standard InChI is InChI=1S/C17H29FN2/c1-6-8-16(12-19-17(2,3)4)20(5)13-14-9-7-10-15(18)11-14/h7,9-11,16,19H,6,8,12-13H2,1-5H3. The summed E-state index contributed by atoms with van der Waals surface area (Å²) in [7, 11) is 2.12. The molecule has 0 aromatic heterocycles. The third-order valence-corrected chi connectivity index (χ3v) is 3.43. The normalized spacial score (nSPS) is 13.8. The topological polar surface area (TPSA) is 15.3 Å². The minimum absolute atomic E-state index is 0.131. The van der Waals surface area contributed by atoms with E-state index in [-0.39, 0.29) is 11.4 Å². The number of hydrogen-bond acceptors (Lipinski definition) is 2. The van der Waals surface area contributed by atoms with Gasteiger partial charge >= 0.3 is 0 Å². The lowest BCUT2D eigenvalue weighted by atomic mass is 10.1. The SMILES string of the molecule is CCCC(CNC(C)(C)C)N(C)Cc1cccc(F)c1. The maximum atomic E-state index is 13.2. The molecular formula is C17H29FN2. The molecule has 0 radical (unpaired) electrons. The highest BCUT2D eigenvalue weighted by atomic mass is 19.1. The van der Waals surface area contributed by atoms with E-state index in [1.54, 1.807) is 12.1 Å². The van der Waals surface area contributed by atoms with Crippen molar-refractivity contribution < 1.29 is 4.39 Å². The fraction of sp³-hybridized carbons (Fsp3) is 0.647. The van der Waals surface area contributed by atoms with Gasteiger partial charge in [-0.1, -0.05) is 25.5 Å². The van der Waals surface area contributed by atoms with Gasteiger partial charge in [-0.05, 0) is 51.9 Å². The van der Waals surface area contributed by atoms with Gasteiger partial charge in [-0.2, -0.15) is 0 Å². The van der Waals surface area contributed by atoms with Gasteiger partial charge in [-0.3, -0.25) is 4.90 Å². The molecule has 0 heterocycles. The molecule has 3 heteroatoms. The first kappa shape index (κ1) is 17.1. The molecule has 1 N–H and O–H groups in total. The molecule has 0 aliphatic carbocycles. The summed E-state index contributed by atoms with van der Waals surface area (Å²) >= 11 is 0. The first-order valence-corrected chi connectivity index (χ1v) is 7.51. The summed E-state index contributed by atoms with van der Waals surface area (Å²) in [6.07, 6.45) is 2.30. The first-order chi connectivity index (χ1) is 9.31. The Hall–Kier alpha value is -0.930. The molecule has 1 rings (SSSR count). The predicted molar refractivity (Wildman–Crippen MR) is 84.3 cm³/mol. The average Bonchev–Trinajstić information content (AvgIpc) is 2.33. The molecule has 1 unspecified atom stereocenters. The van der Waals surface area contributed by atoms with Crippen LogP contribution in [-0.2, 0) is 6.54 Å². The summed E-state index contributed by atoms with van der Waals surface area (Å²) in [5.74, 6) is -0.157. The van der Waals surface area contributed by atoms with Crippen LogP contribution in [0.25, 0.3) is 0 Å². The van der Waals surface area contributed by atoms with Crippen LogP contribution < -0.4 is 5.32 Å². The lowest BCUT2D eigenvalue weighted by Gasteiger charge is -2.31. The van der Waals surface area contributed by atoms with Crippen molar-refractivity contribution in [3.05, 3.63) is 35.6 Å². The number of nitrogens with zero attached hydrogens (tertiary/aromatic N) is 1. The van der Waals surface area contributed by atoms with Gasteiger partial charge < -0.3 is 5.32 Å². The highest BCUT2D eigenvalue weighted by Gasteiger charge is 2.17. The lowest BCUT2D eigenvalue weighted by molar-refractivity contribution is 0.202. The molecule has 1 atom stereocenters. The van der Waals surface area contributed by atoms with Gasteiger partial charge in [-0.25, -0.2) is 4.39 Å². The van der Waals surface area contributed by atoms with Crippen molar-refractivity contribution in [3.63, 3.8) is 0 Å². The number of rotatable bonds is 7. The molecule has 114 valence electrons. The third-order valence-electron chi connectivity index (χ3n) is 3.43. The van der Waals surface area contributed by atoms with Gasteiger partial charge in [0, 0.05) is 24.7 Å². The second kappa shape index (κ2) is 7.75. The smallest absolute Gasteiger partial charge is 0.123 e. The van der Waals surface area contributed by atoms with Crippen LogP contribution >= 0.6 is 0 Å². The van der Waals surface area contributed by atoms with Crippen molar-refractivity contribution in [2.24, 2.45) is 0 Å². The summed E-state index contributed by atoms with van der Waals surface area (Å²) < 4.78 is 13.2. The molecule has 0 saturated carbocycles. The molecule has 0 bridgehead atoms. The van der Waals surface area contributed by atoms with Crippen LogP contribution in [-0.4, -0.2) is 30.1 Å². The Morgan fingerprint density at radius 3 is 2.55 bits per heavy atom. The van der Waals surface area contributed by atoms with Crippen molar-refractivity contribution in [3.8, 4) is 0 Å². The van der Waals surface area contributed by atoms with Crippen LogP contribution in [0, 0.1) is 5.82 Å². The largest absolute Gasteiger partial charge is 0.311 e. The second-order valence-electron chi connectivity index (χ2n) is 6.62. The van der Waals surface area contributed by atoms with Crippen LogP contribution in [0.2, 0.25) is 0 Å². The van der Waals surface area contributed by atoms with Crippen molar-refractivity contribution in [1.82, 2.24) is 10.2 Å². The molecular weight excluding hydrogens is 251 g/mol. The Kier molecular flexibility index (Phi) is 6.63. The Balaban J connectivity index is 2.61. The molecule has 0 amide bonds. The number of hydrogen-bond donors (Lipinski definition) is 1.